The molecule has 3 nitrogen and oxygen atoms in total. The molecule has 0 spiro atoms. The fourth-order valence-corrected chi connectivity index (χ4v) is 2.38. The zero-order chi connectivity index (χ0) is 11.1. The molecule has 1 rings (SSSR count). The molecule has 1 saturated carbocycles. The Morgan fingerprint density at radius 2 is 1.93 bits per heavy atom. The molecule has 2 N–H and O–H groups in total. The summed E-state index contributed by atoms with van der Waals surface area (Å²) in [5.41, 5.74) is 0.0794. The Morgan fingerprint density at radius 3 is 2.47 bits per heavy atom. The number of nitrogens with one attached hydrogen (secondary N) is 2. The average molecular weight is 212 g/mol. The molecule has 0 aliphatic heterocycles. The molecule has 88 valence electrons. The van der Waals surface area contributed by atoms with E-state index < -0.39 is 0 Å². The van der Waals surface area contributed by atoms with Gasteiger partial charge in [-0.3, -0.25) is 4.79 Å². The van der Waals surface area contributed by atoms with Crippen molar-refractivity contribution in [1.82, 2.24) is 10.6 Å². The standard InChI is InChI=1S/C12H24N2O/c1-3-9-14-11(15)10-12(13-2)7-5-4-6-8-12/h13H,3-10H2,1-2H3,(H,14,15). The lowest BCUT2D eigenvalue weighted by Crippen LogP contribution is -2.48. The number of hydrogen-bond donors (Lipinski definition) is 2. The number of rotatable bonds is 5. The number of hydrogen-bond acceptors (Lipinski definition) is 2. The molecule has 0 unspecified atom stereocenters. The van der Waals surface area contributed by atoms with Crippen LogP contribution in [-0.4, -0.2) is 25.0 Å². The fraction of sp³-hybridized carbons (Fsp3) is 0.917. The summed E-state index contributed by atoms with van der Waals surface area (Å²) < 4.78 is 0. The first-order valence-corrected chi connectivity index (χ1v) is 6.18. The van der Waals surface area contributed by atoms with Crippen molar-refractivity contribution in [3.05, 3.63) is 0 Å². The Balaban J connectivity index is 2.40. The molecule has 0 saturated heterocycles. The van der Waals surface area contributed by atoms with Crippen LogP contribution in [0.25, 0.3) is 0 Å². The van der Waals surface area contributed by atoms with E-state index in [4.69, 9.17) is 0 Å². The van der Waals surface area contributed by atoms with E-state index in [1.807, 2.05) is 7.05 Å². The van der Waals surface area contributed by atoms with Gasteiger partial charge < -0.3 is 10.6 Å². The Kier molecular flexibility index (Phi) is 5.09. The third kappa shape index (κ3) is 3.82. The summed E-state index contributed by atoms with van der Waals surface area (Å²) in [4.78, 5) is 11.7. The number of amides is 1. The first kappa shape index (κ1) is 12.5. The number of carbonyl (C=O) groups is 1. The molecule has 0 bridgehead atoms. The summed E-state index contributed by atoms with van der Waals surface area (Å²) in [6.45, 7) is 2.88. The van der Waals surface area contributed by atoms with Crippen molar-refractivity contribution in [2.75, 3.05) is 13.6 Å². The van der Waals surface area contributed by atoms with Crippen LogP contribution in [0.2, 0.25) is 0 Å². The van der Waals surface area contributed by atoms with Gasteiger partial charge in [0, 0.05) is 18.5 Å². The van der Waals surface area contributed by atoms with Crippen molar-refractivity contribution in [3.63, 3.8) is 0 Å². The summed E-state index contributed by atoms with van der Waals surface area (Å²) in [6.07, 6.45) is 7.76. The summed E-state index contributed by atoms with van der Waals surface area (Å²) in [6, 6.07) is 0. The fourth-order valence-electron chi connectivity index (χ4n) is 2.38. The summed E-state index contributed by atoms with van der Waals surface area (Å²) in [7, 11) is 1.98. The second kappa shape index (κ2) is 6.11. The van der Waals surface area contributed by atoms with Crippen molar-refractivity contribution in [2.24, 2.45) is 0 Å². The van der Waals surface area contributed by atoms with Gasteiger partial charge in [-0.1, -0.05) is 26.2 Å². The van der Waals surface area contributed by atoms with Gasteiger partial charge in [0.25, 0.3) is 0 Å². The molecule has 15 heavy (non-hydrogen) atoms. The summed E-state index contributed by atoms with van der Waals surface area (Å²) >= 11 is 0. The molecular weight excluding hydrogens is 188 g/mol. The molecule has 1 fully saturated rings. The topological polar surface area (TPSA) is 41.1 Å². The maximum Gasteiger partial charge on any atom is 0.221 e. The van der Waals surface area contributed by atoms with Gasteiger partial charge in [0.2, 0.25) is 5.91 Å². The minimum atomic E-state index is 0.0794. The quantitative estimate of drug-likeness (QED) is 0.730. The van der Waals surface area contributed by atoms with E-state index in [0.29, 0.717) is 6.42 Å². The largest absolute Gasteiger partial charge is 0.356 e. The van der Waals surface area contributed by atoms with Crippen molar-refractivity contribution in [1.29, 1.82) is 0 Å². The molecule has 1 aliphatic carbocycles. The monoisotopic (exact) mass is 212 g/mol. The van der Waals surface area contributed by atoms with Crippen molar-refractivity contribution >= 4 is 5.91 Å². The van der Waals surface area contributed by atoms with E-state index >= 15 is 0 Å². The Labute approximate surface area is 93.0 Å². The van der Waals surface area contributed by atoms with Crippen LogP contribution in [0, 0.1) is 0 Å². The second-order valence-corrected chi connectivity index (χ2v) is 4.62. The van der Waals surface area contributed by atoms with Crippen LogP contribution in [0.4, 0.5) is 0 Å². The molecule has 1 aliphatic rings. The van der Waals surface area contributed by atoms with E-state index in [1.165, 1.54) is 19.3 Å². The highest BCUT2D eigenvalue weighted by atomic mass is 16.1. The molecule has 0 aromatic heterocycles. The zero-order valence-corrected chi connectivity index (χ0v) is 10.1. The highest BCUT2D eigenvalue weighted by molar-refractivity contribution is 5.77. The Bertz CT molecular complexity index is 198. The molecule has 0 aromatic rings. The van der Waals surface area contributed by atoms with E-state index in [1.54, 1.807) is 0 Å². The van der Waals surface area contributed by atoms with Crippen molar-refractivity contribution in [2.45, 2.75) is 57.4 Å². The minimum Gasteiger partial charge on any atom is -0.356 e. The van der Waals surface area contributed by atoms with E-state index in [-0.39, 0.29) is 11.4 Å². The normalized spacial score (nSPS) is 19.9. The van der Waals surface area contributed by atoms with Crippen molar-refractivity contribution in [3.8, 4) is 0 Å². The lowest BCUT2D eigenvalue weighted by Gasteiger charge is -2.36. The smallest absolute Gasteiger partial charge is 0.221 e. The Hall–Kier alpha value is -0.570. The van der Waals surface area contributed by atoms with Gasteiger partial charge in [0.05, 0.1) is 0 Å². The van der Waals surface area contributed by atoms with Gasteiger partial charge in [0.15, 0.2) is 0 Å². The minimum absolute atomic E-state index is 0.0794. The van der Waals surface area contributed by atoms with Crippen LogP contribution >= 0.6 is 0 Å². The predicted molar refractivity (Wildman–Crippen MR) is 62.8 cm³/mol. The van der Waals surface area contributed by atoms with Gasteiger partial charge in [-0.25, -0.2) is 0 Å². The highest BCUT2D eigenvalue weighted by Crippen LogP contribution is 2.30. The molecular formula is C12H24N2O. The van der Waals surface area contributed by atoms with E-state index in [0.717, 1.165) is 25.8 Å². The van der Waals surface area contributed by atoms with Gasteiger partial charge in [-0.15, -0.1) is 0 Å². The summed E-state index contributed by atoms with van der Waals surface area (Å²) in [5, 5.41) is 6.32. The highest BCUT2D eigenvalue weighted by Gasteiger charge is 2.32. The average Bonchev–Trinajstić information content (AvgIpc) is 2.27. The van der Waals surface area contributed by atoms with Crippen LogP contribution in [0.15, 0.2) is 0 Å². The first-order valence-electron chi connectivity index (χ1n) is 6.18. The molecule has 0 atom stereocenters. The van der Waals surface area contributed by atoms with Gasteiger partial charge in [0.1, 0.15) is 0 Å². The van der Waals surface area contributed by atoms with Gasteiger partial charge in [-0.2, -0.15) is 0 Å². The maximum atomic E-state index is 11.7. The van der Waals surface area contributed by atoms with E-state index in [2.05, 4.69) is 17.6 Å². The lowest BCUT2D eigenvalue weighted by molar-refractivity contribution is -0.122. The number of carbonyl (C=O) groups excluding carboxylic acids is 1. The maximum absolute atomic E-state index is 11.7. The summed E-state index contributed by atoms with van der Waals surface area (Å²) in [5.74, 6) is 0.202. The second-order valence-electron chi connectivity index (χ2n) is 4.62. The third-order valence-electron chi connectivity index (χ3n) is 3.41. The third-order valence-corrected chi connectivity index (χ3v) is 3.41. The molecule has 0 aromatic carbocycles. The van der Waals surface area contributed by atoms with Crippen LogP contribution in [0.5, 0.6) is 0 Å². The van der Waals surface area contributed by atoms with Gasteiger partial charge in [-0.05, 0) is 26.3 Å². The van der Waals surface area contributed by atoms with Crippen LogP contribution in [-0.2, 0) is 4.79 Å². The van der Waals surface area contributed by atoms with Crippen LogP contribution in [0.3, 0.4) is 0 Å². The lowest BCUT2D eigenvalue weighted by atomic mass is 9.79. The van der Waals surface area contributed by atoms with Crippen LogP contribution in [0.1, 0.15) is 51.9 Å². The molecule has 0 heterocycles. The molecule has 0 radical (unpaired) electrons. The SMILES string of the molecule is CCCNC(=O)CC1(NC)CCCCC1. The Morgan fingerprint density at radius 1 is 1.27 bits per heavy atom. The van der Waals surface area contributed by atoms with E-state index in [9.17, 15) is 4.79 Å². The zero-order valence-electron chi connectivity index (χ0n) is 10.1. The molecule has 3 heteroatoms. The van der Waals surface area contributed by atoms with Gasteiger partial charge >= 0.3 is 0 Å². The molecule has 1 amide bonds. The first-order chi connectivity index (χ1) is 7.22. The van der Waals surface area contributed by atoms with Crippen molar-refractivity contribution < 1.29 is 4.79 Å². The van der Waals surface area contributed by atoms with Crippen LogP contribution < -0.4 is 10.6 Å². The predicted octanol–water partition coefficient (Wildman–Crippen LogP) is 1.82.